The van der Waals surface area contributed by atoms with Crippen LogP contribution in [0.4, 0.5) is 5.82 Å². The first-order chi connectivity index (χ1) is 8.56. The van der Waals surface area contributed by atoms with Crippen LogP contribution in [-0.2, 0) is 0 Å². The quantitative estimate of drug-likeness (QED) is 0.721. The van der Waals surface area contributed by atoms with Gasteiger partial charge < -0.3 is 15.4 Å². The van der Waals surface area contributed by atoms with Gasteiger partial charge in [0.05, 0.1) is 12.4 Å². The molecular weight excluding hydrogens is 254 g/mol. The molecule has 0 bridgehead atoms. The molecule has 2 aromatic rings. The fourth-order valence-corrected chi connectivity index (χ4v) is 1.94. The molecule has 2 heterocycles. The van der Waals surface area contributed by atoms with E-state index < -0.39 is 6.10 Å². The summed E-state index contributed by atoms with van der Waals surface area (Å²) in [5.74, 6) is 1.01. The van der Waals surface area contributed by atoms with Crippen molar-refractivity contribution in [1.29, 1.82) is 0 Å². The fraction of sp³-hybridized carbons (Fsp3) is 0.545. The second-order valence-corrected chi connectivity index (χ2v) is 4.94. The number of anilines is 1. The predicted molar refractivity (Wildman–Crippen MR) is 70.6 cm³/mol. The third kappa shape index (κ3) is 3.08. The Morgan fingerprint density at radius 3 is 2.94 bits per heavy atom. The molecule has 1 unspecified atom stereocenters. The van der Waals surface area contributed by atoms with Crippen LogP contribution in [0.15, 0.2) is 6.33 Å². The molecule has 0 saturated heterocycles. The molecule has 2 rings (SSSR count). The number of nitrogens with one attached hydrogen (secondary N) is 2. The second-order valence-electron chi connectivity index (χ2n) is 4.61. The molecule has 6 nitrogen and oxygen atoms in total. The maximum Gasteiger partial charge on any atom is 0.226 e. The maximum absolute atomic E-state index is 9.81. The lowest BCUT2D eigenvalue weighted by atomic mass is 10.1. The van der Waals surface area contributed by atoms with Gasteiger partial charge >= 0.3 is 0 Å². The van der Waals surface area contributed by atoms with E-state index in [1.807, 2.05) is 0 Å². The Hall–Kier alpha value is -1.40. The number of hydrogen-bond acceptors (Lipinski definition) is 5. The number of aromatic amines is 1. The number of aliphatic hydroxyl groups is 1. The molecule has 7 heteroatoms. The second kappa shape index (κ2) is 5.49. The van der Waals surface area contributed by atoms with Crippen LogP contribution in [0.25, 0.3) is 11.2 Å². The molecule has 0 saturated carbocycles. The summed E-state index contributed by atoms with van der Waals surface area (Å²) in [6.45, 7) is 4.55. The summed E-state index contributed by atoms with van der Waals surface area (Å²) in [4.78, 5) is 15.0. The molecule has 0 spiro atoms. The molecule has 0 aliphatic carbocycles. The molecule has 0 aliphatic heterocycles. The standard InChI is InChI=1S/C11H16ClN5O/c1-6(2)3-7(18)4-13-9-8-10(15-5-14-8)17-11(12)16-9/h5-7,18H,3-4H2,1-2H3,(H2,13,14,15,16,17). The minimum atomic E-state index is -0.420. The predicted octanol–water partition coefficient (Wildman–Crippen LogP) is 1.83. The Morgan fingerprint density at radius 1 is 1.44 bits per heavy atom. The first kappa shape index (κ1) is 13.0. The van der Waals surface area contributed by atoms with Crippen LogP contribution in [0, 0.1) is 5.92 Å². The minimum absolute atomic E-state index is 0.135. The number of H-pyrrole nitrogens is 1. The highest BCUT2D eigenvalue weighted by atomic mass is 35.5. The van der Waals surface area contributed by atoms with Gasteiger partial charge in [0.1, 0.15) is 5.52 Å². The van der Waals surface area contributed by atoms with Crippen LogP contribution in [0.5, 0.6) is 0 Å². The van der Waals surface area contributed by atoms with Gasteiger partial charge in [-0.25, -0.2) is 4.98 Å². The van der Waals surface area contributed by atoms with E-state index >= 15 is 0 Å². The van der Waals surface area contributed by atoms with Gasteiger partial charge in [-0.1, -0.05) is 13.8 Å². The number of hydrogen-bond donors (Lipinski definition) is 3. The molecule has 0 fully saturated rings. The van der Waals surface area contributed by atoms with Crippen molar-refractivity contribution in [2.75, 3.05) is 11.9 Å². The van der Waals surface area contributed by atoms with Gasteiger partial charge in [-0.05, 0) is 23.9 Å². The van der Waals surface area contributed by atoms with Crippen molar-refractivity contribution in [3.05, 3.63) is 11.6 Å². The normalized spacial score (nSPS) is 13.2. The summed E-state index contributed by atoms with van der Waals surface area (Å²) in [6, 6.07) is 0. The van der Waals surface area contributed by atoms with Crippen molar-refractivity contribution in [1.82, 2.24) is 19.9 Å². The number of aliphatic hydroxyl groups excluding tert-OH is 1. The first-order valence-electron chi connectivity index (χ1n) is 5.85. The number of nitrogens with zero attached hydrogens (tertiary/aromatic N) is 3. The molecule has 0 amide bonds. The van der Waals surface area contributed by atoms with Crippen molar-refractivity contribution in [3.8, 4) is 0 Å². The summed E-state index contributed by atoms with van der Waals surface area (Å²) < 4.78 is 0. The van der Waals surface area contributed by atoms with Crippen molar-refractivity contribution in [3.63, 3.8) is 0 Å². The third-order valence-electron chi connectivity index (χ3n) is 2.51. The fourth-order valence-electron chi connectivity index (χ4n) is 1.78. The highest BCUT2D eigenvalue weighted by molar-refractivity contribution is 6.28. The monoisotopic (exact) mass is 269 g/mol. The number of aromatic nitrogens is 4. The molecule has 1 atom stereocenters. The lowest BCUT2D eigenvalue weighted by Crippen LogP contribution is -2.21. The zero-order valence-corrected chi connectivity index (χ0v) is 11.1. The smallest absolute Gasteiger partial charge is 0.226 e. The summed E-state index contributed by atoms with van der Waals surface area (Å²) in [5.41, 5.74) is 1.20. The largest absolute Gasteiger partial charge is 0.391 e. The van der Waals surface area contributed by atoms with E-state index in [9.17, 15) is 5.11 Å². The summed E-state index contributed by atoms with van der Waals surface area (Å²) in [5, 5.41) is 13.0. The van der Waals surface area contributed by atoms with Crippen LogP contribution in [-0.4, -0.2) is 37.7 Å². The van der Waals surface area contributed by atoms with Gasteiger partial charge in [-0.2, -0.15) is 9.97 Å². The lowest BCUT2D eigenvalue weighted by molar-refractivity contribution is 0.161. The molecule has 18 heavy (non-hydrogen) atoms. The average molecular weight is 270 g/mol. The van der Waals surface area contributed by atoms with E-state index in [0.717, 1.165) is 6.42 Å². The molecule has 0 radical (unpaired) electrons. The SMILES string of the molecule is CC(C)CC(O)CNc1nc(Cl)nc2nc[nH]c12. The topological polar surface area (TPSA) is 86.7 Å². The number of rotatable bonds is 5. The Labute approximate surface area is 110 Å². The number of halogens is 1. The molecule has 0 aliphatic rings. The van der Waals surface area contributed by atoms with Crippen molar-refractivity contribution >= 4 is 28.6 Å². The molecule has 0 aromatic carbocycles. The highest BCUT2D eigenvalue weighted by Gasteiger charge is 2.11. The summed E-state index contributed by atoms with van der Waals surface area (Å²) in [7, 11) is 0. The Bertz CT molecular complexity index is 527. The van der Waals surface area contributed by atoms with Crippen molar-refractivity contribution in [2.45, 2.75) is 26.4 Å². The Morgan fingerprint density at radius 2 is 2.22 bits per heavy atom. The minimum Gasteiger partial charge on any atom is -0.391 e. The summed E-state index contributed by atoms with van der Waals surface area (Å²) >= 11 is 5.80. The van der Waals surface area contributed by atoms with Crippen LogP contribution in [0.3, 0.4) is 0 Å². The highest BCUT2D eigenvalue weighted by Crippen LogP contribution is 2.18. The van der Waals surface area contributed by atoms with E-state index in [0.29, 0.717) is 29.4 Å². The van der Waals surface area contributed by atoms with Gasteiger partial charge in [-0.15, -0.1) is 0 Å². The van der Waals surface area contributed by atoms with E-state index in [-0.39, 0.29) is 5.28 Å². The van der Waals surface area contributed by atoms with Crippen molar-refractivity contribution in [2.24, 2.45) is 5.92 Å². The van der Waals surface area contributed by atoms with Gasteiger partial charge in [0.2, 0.25) is 5.28 Å². The van der Waals surface area contributed by atoms with E-state index in [1.165, 1.54) is 6.33 Å². The number of imidazole rings is 1. The van der Waals surface area contributed by atoms with Crippen molar-refractivity contribution < 1.29 is 5.11 Å². The first-order valence-corrected chi connectivity index (χ1v) is 6.22. The van der Waals surface area contributed by atoms with Gasteiger partial charge in [0.25, 0.3) is 0 Å². The average Bonchev–Trinajstić information content (AvgIpc) is 2.72. The van der Waals surface area contributed by atoms with Crippen LogP contribution >= 0.6 is 11.6 Å². The molecular formula is C11H16ClN5O. The van der Waals surface area contributed by atoms with Gasteiger partial charge in [-0.3, -0.25) is 0 Å². The Balaban J connectivity index is 2.09. The zero-order valence-electron chi connectivity index (χ0n) is 10.3. The Kier molecular flexibility index (Phi) is 3.98. The number of fused-ring (bicyclic) bond motifs is 1. The van der Waals surface area contributed by atoms with Crippen LogP contribution in [0.1, 0.15) is 20.3 Å². The van der Waals surface area contributed by atoms with E-state index in [1.54, 1.807) is 0 Å². The van der Waals surface area contributed by atoms with Crippen LogP contribution in [0.2, 0.25) is 5.28 Å². The lowest BCUT2D eigenvalue weighted by Gasteiger charge is -2.14. The van der Waals surface area contributed by atoms with Gasteiger partial charge in [0.15, 0.2) is 11.5 Å². The maximum atomic E-state index is 9.81. The van der Waals surface area contributed by atoms with Gasteiger partial charge in [0, 0.05) is 6.54 Å². The van der Waals surface area contributed by atoms with E-state index in [4.69, 9.17) is 11.6 Å². The molecule has 98 valence electrons. The third-order valence-corrected chi connectivity index (χ3v) is 2.68. The molecule has 3 N–H and O–H groups in total. The summed E-state index contributed by atoms with van der Waals surface area (Å²) in [6.07, 6.45) is 1.85. The molecule has 2 aromatic heterocycles. The zero-order chi connectivity index (χ0) is 13.1. The van der Waals surface area contributed by atoms with Crippen LogP contribution < -0.4 is 5.32 Å². The van der Waals surface area contributed by atoms with E-state index in [2.05, 4.69) is 39.1 Å².